The van der Waals surface area contributed by atoms with E-state index >= 15 is 0 Å². The number of nitrogens with zero attached hydrogens (tertiary/aromatic N) is 2. The van der Waals surface area contributed by atoms with Gasteiger partial charge in [0.25, 0.3) is 0 Å². The molecule has 5 heteroatoms. The Bertz CT molecular complexity index is 837. The average molecular weight is 351 g/mol. The molecule has 136 valence electrons. The molecule has 1 atom stereocenters. The van der Waals surface area contributed by atoms with Crippen LogP contribution in [0.1, 0.15) is 48.9 Å². The van der Waals surface area contributed by atoms with Crippen molar-refractivity contribution in [3.63, 3.8) is 0 Å². The van der Waals surface area contributed by atoms with E-state index in [1.807, 2.05) is 18.3 Å². The van der Waals surface area contributed by atoms with Gasteiger partial charge in [-0.05, 0) is 61.8 Å². The van der Waals surface area contributed by atoms with Gasteiger partial charge in [-0.25, -0.2) is 0 Å². The molecule has 0 radical (unpaired) electrons. The number of H-pyrrole nitrogens is 1. The van der Waals surface area contributed by atoms with Crippen LogP contribution in [0.3, 0.4) is 0 Å². The number of aromatic nitrogens is 2. The van der Waals surface area contributed by atoms with Crippen LogP contribution in [-0.4, -0.2) is 41.2 Å². The molecule has 1 saturated carbocycles. The number of likely N-dealkylation sites (tertiary alicyclic amines) is 1. The molecule has 5 nitrogen and oxygen atoms in total. The molecule has 2 aliphatic carbocycles. The largest absolute Gasteiger partial charge is 0.497 e. The van der Waals surface area contributed by atoms with Crippen molar-refractivity contribution in [3.8, 4) is 5.75 Å². The molecule has 2 aromatic rings. The van der Waals surface area contributed by atoms with Crippen molar-refractivity contribution in [1.82, 2.24) is 15.1 Å². The van der Waals surface area contributed by atoms with Crippen molar-refractivity contribution in [2.24, 2.45) is 0 Å². The lowest BCUT2D eigenvalue weighted by atomic mass is 9.77. The molecule has 1 aliphatic heterocycles. The number of aromatic amines is 1. The van der Waals surface area contributed by atoms with E-state index in [1.54, 1.807) is 7.11 Å². The molecule has 3 aliphatic rings. The van der Waals surface area contributed by atoms with Gasteiger partial charge in [0.2, 0.25) is 5.91 Å². The number of rotatable bonds is 3. The van der Waals surface area contributed by atoms with Gasteiger partial charge < -0.3 is 9.64 Å². The van der Waals surface area contributed by atoms with Crippen LogP contribution in [0.15, 0.2) is 30.5 Å². The Morgan fingerprint density at radius 2 is 2.00 bits per heavy atom. The normalized spacial score (nSPS) is 26.0. The van der Waals surface area contributed by atoms with E-state index in [1.165, 1.54) is 11.3 Å². The minimum Gasteiger partial charge on any atom is -0.497 e. The van der Waals surface area contributed by atoms with Crippen LogP contribution < -0.4 is 4.74 Å². The Morgan fingerprint density at radius 1 is 1.19 bits per heavy atom. The summed E-state index contributed by atoms with van der Waals surface area (Å²) in [7, 11) is 1.67. The zero-order valence-electron chi connectivity index (χ0n) is 15.3. The third-order valence-corrected chi connectivity index (χ3v) is 6.79. The summed E-state index contributed by atoms with van der Waals surface area (Å²) < 4.78 is 5.26. The fourth-order valence-corrected chi connectivity index (χ4v) is 5.14. The Morgan fingerprint density at radius 3 is 2.73 bits per heavy atom. The molecular weight excluding hydrogens is 326 g/mol. The third kappa shape index (κ3) is 2.22. The Kier molecular flexibility index (Phi) is 3.43. The monoisotopic (exact) mass is 351 g/mol. The molecule has 1 amide bonds. The second kappa shape index (κ2) is 5.60. The average Bonchev–Trinajstić information content (AvgIpc) is 3.24. The van der Waals surface area contributed by atoms with Crippen LogP contribution in [0.25, 0.3) is 0 Å². The van der Waals surface area contributed by atoms with E-state index in [2.05, 4.69) is 27.2 Å². The zero-order valence-corrected chi connectivity index (χ0v) is 15.3. The lowest BCUT2D eigenvalue weighted by Gasteiger charge is -2.41. The maximum absolute atomic E-state index is 13.5. The van der Waals surface area contributed by atoms with Gasteiger partial charge in [0.05, 0.1) is 18.7 Å². The van der Waals surface area contributed by atoms with Crippen molar-refractivity contribution < 1.29 is 9.53 Å². The molecule has 0 bridgehead atoms. The van der Waals surface area contributed by atoms with Gasteiger partial charge >= 0.3 is 0 Å². The first-order chi connectivity index (χ1) is 12.7. The summed E-state index contributed by atoms with van der Waals surface area (Å²) in [5.74, 6) is 1.15. The molecule has 1 unspecified atom stereocenters. The number of nitrogens with one attached hydrogen (secondary N) is 1. The van der Waals surface area contributed by atoms with Gasteiger partial charge in [-0.2, -0.15) is 5.10 Å². The molecule has 2 fully saturated rings. The molecule has 1 saturated heterocycles. The number of ether oxygens (including phenoxy) is 1. The SMILES string of the molecule is COc1ccc(C2(C(=O)N3CCCC4(CCc5cn[nH]c54)C3)CC2)cc1. The number of methoxy groups -OCH3 is 1. The van der Waals surface area contributed by atoms with Gasteiger partial charge in [0, 0.05) is 24.2 Å². The summed E-state index contributed by atoms with van der Waals surface area (Å²) in [6.07, 6.45) is 8.32. The minimum absolute atomic E-state index is 0.0930. The maximum Gasteiger partial charge on any atom is 0.233 e. The van der Waals surface area contributed by atoms with Crippen LogP contribution in [0.5, 0.6) is 5.75 Å². The molecular formula is C21H25N3O2. The molecule has 2 heterocycles. The highest BCUT2D eigenvalue weighted by Gasteiger charge is 2.55. The van der Waals surface area contributed by atoms with E-state index in [0.29, 0.717) is 5.91 Å². The number of amides is 1. The first-order valence-corrected chi connectivity index (χ1v) is 9.64. The number of carbonyl (C=O) groups is 1. The van der Waals surface area contributed by atoms with E-state index in [9.17, 15) is 4.79 Å². The number of piperidine rings is 1. The minimum atomic E-state index is -0.305. The number of benzene rings is 1. The molecule has 1 aromatic carbocycles. The highest BCUT2D eigenvalue weighted by atomic mass is 16.5. The zero-order chi connectivity index (χ0) is 17.8. The van der Waals surface area contributed by atoms with Crippen molar-refractivity contribution in [2.75, 3.05) is 20.2 Å². The maximum atomic E-state index is 13.5. The van der Waals surface area contributed by atoms with E-state index in [4.69, 9.17) is 4.74 Å². The van der Waals surface area contributed by atoms with Gasteiger partial charge in [0.15, 0.2) is 0 Å². The topological polar surface area (TPSA) is 58.2 Å². The van der Waals surface area contributed by atoms with Crippen molar-refractivity contribution in [1.29, 1.82) is 0 Å². The Labute approximate surface area is 153 Å². The lowest BCUT2D eigenvalue weighted by molar-refractivity contribution is -0.136. The van der Waals surface area contributed by atoms with Crippen LogP contribution in [0.2, 0.25) is 0 Å². The van der Waals surface area contributed by atoms with Gasteiger partial charge in [-0.3, -0.25) is 9.89 Å². The number of carbonyl (C=O) groups excluding carboxylic acids is 1. The third-order valence-electron chi connectivity index (χ3n) is 6.79. The number of fused-ring (bicyclic) bond motifs is 2. The second-order valence-electron chi connectivity index (χ2n) is 8.19. The van der Waals surface area contributed by atoms with Crippen molar-refractivity contribution in [3.05, 3.63) is 47.3 Å². The predicted octanol–water partition coefficient (Wildman–Crippen LogP) is 2.96. The summed E-state index contributed by atoms with van der Waals surface area (Å²) >= 11 is 0. The van der Waals surface area contributed by atoms with Crippen molar-refractivity contribution >= 4 is 5.91 Å². The van der Waals surface area contributed by atoms with E-state index in [-0.39, 0.29) is 10.8 Å². The summed E-state index contributed by atoms with van der Waals surface area (Å²) in [4.78, 5) is 15.6. The van der Waals surface area contributed by atoms with E-state index in [0.717, 1.165) is 62.9 Å². The smallest absolute Gasteiger partial charge is 0.233 e. The number of aryl methyl sites for hydroxylation is 1. The molecule has 1 spiro atoms. The van der Waals surface area contributed by atoms with Crippen molar-refractivity contribution in [2.45, 2.75) is 49.4 Å². The fourth-order valence-electron chi connectivity index (χ4n) is 5.14. The Balaban J connectivity index is 1.40. The van der Waals surface area contributed by atoms with Crippen LogP contribution >= 0.6 is 0 Å². The first kappa shape index (κ1) is 15.9. The fraction of sp³-hybridized carbons (Fsp3) is 0.524. The molecule has 1 N–H and O–H groups in total. The summed E-state index contributed by atoms with van der Waals surface area (Å²) in [6.45, 7) is 1.71. The number of hydrogen-bond acceptors (Lipinski definition) is 3. The molecule has 26 heavy (non-hydrogen) atoms. The highest BCUT2D eigenvalue weighted by molar-refractivity contribution is 5.91. The van der Waals surface area contributed by atoms with Gasteiger partial charge in [-0.1, -0.05) is 12.1 Å². The van der Waals surface area contributed by atoms with Gasteiger partial charge in [-0.15, -0.1) is 0 Å². The first-order valence-electron chi connectivity index (χ1n) is 9.64. The molecule has 1 aromatic heterocycles. The number of hydrogen-bond donors (Lipinski definition) is 1. The van der Waals surface area contributed by atoms with Gasteiger partial charge in [0.1, 0.15) is 5.75 Å². The van der Waals surface area contributed by atoms with Crippen LogP contribution in [0, 0.1) is 0 Å². The molecule has 5 rings (SSSR count). The summed E-state index contributed by atoms with van der Waals surface area (Å²) in [6, 6.07) is 8.06. The standard InChI is InChI=1S/C21H25N3O2/c1-26-17-5-3-16(4-6-17)21(10-11-21)19(25)24-12-2-8-20(14-24)9-7-15-13-22-23-18(15)20/h3-6,13H,2,7-12,14H2,1H3,(H,22,23). The predicted molar refractivity (Wildman–Crippen MR) is 98.3 cm³/mol. The summed E-state index contributed by atoms with van der Waals surface area (Å²) in [5, 5.41) is 7.48. The highest BCUT2D eigenvalue weighted by Crippen LogP contribution is 2.51. The Hall–Kier alpha value is -2.30. The second-order valence-corrected chi connectivity index (χ2v) is 8.19. The van der Waals surface area contributed by atoms with Crippen LogP contribution in [-0.2, 0) is 22.0 Å². The van der Waals surface area contributed by atoms with Crippen LogP contribution in [0.4, 0.5) is 0 Å². The lowest BCUT2D eigenvalue weighted by Crippen LogP contribution is -2.50. The summed E-state index contributed by atoms with van der Waals surface area (Å²) in [5.41, 5.74) is 3.55. The van der Waals surface area contributed by atoms with E-state index < -0.39 is 0 Å². The quantitative estimate of drug-likeness (QED) is 0.925.